The molecule has 1 N–H and O–H groups in total. The van der Waals surface area contributed by atoms with Gasteiger partial charge in [0.15, 0.2) is 0 Å². The van der Waals surface area contributed by atoms with Crippen LogP contribution in [0, 0.1) is 19.7 Å². The van der Waals surface area contributed by atoms with Gasteiger partial charge in [0.05, 0.1) is 12.1 Å². The maximum absolute atomic E-state index is 13.8. The van der Waals surface area contributed by atoms with Crippen LogP contribution in [-0.2, 0) is 17.8 Å². The molecule has 1 atom stereocenters. The SMILES string of the molecule is Cc1noc(C)c1CC(=O)N[C@H]1CCCN(Cc2ccccc2F)C1. The number of aryl methyl sites for hydroxylation is 2. The van der Waals surface area contributed by atoms with Gasteiger partial charge in [-0.3, -0.25) is 9.69 Å². The number of amides is 1. The molecule has 25 heavy (non-hydrogen) atoms. The van der Waals surface area contributed by atoms with Crippen LogP contribution in [0.25, 0.3) is 0 Å². The second-order valence-electron chi connectivity index (χ2n) is 6.71. The average molecular weight is 345 g/mol. The van der Waals surface area contributed by atoms with Crippen LogP contribution in [0.2, 0.25) is 0 Å². The van der Waals surface area contributed by atoms with E-state index in [0.717, 1.165) is 37.2 Å². The van der Waals surface area contributed by atoms with E-state index in [-0.39, 0.29) is 24.2 Å². The van der Waals surface area contributed by atoms with Gasteiger partial charge in [-0.25, -0.2) is 4.39 Å². The van der Waals surface area contributed by atoms with E-state index >= 15 is 0 Å². The van der Waals surface area contributed by atoms with Crippen LogP contribution in [0.1, 0.15) is 35.4 Å². The number of carbonyl (C=O) groups excluding carboxylic acids is 1. The van der Waals surface area contributed by atoms with Crippen LogP contribution in [-0.4, -0.2) is 35.1 Å². The lowest BCUT2D eigenvalue weighted by Gasteiger charge is -2.33. The quantitative estimate of drug-likeness (QED) is 0.905. The van der Waals surface area contributed by atoms with Crippen LogP contribution >= 0.6 is 0 Å². The summed E-state index contributed by atoms with van der Waals surface area (Å²) in [6, 6.07) is 6.95. The van der Waals surface area contributed by atoms with Crippen molar-refractivity contribution in [1.29, 1.82) is 0 Å². The lowest BCUT2D eigenvalue weighted by atomic mass is 10.0. The van der Waals surface area contributed by atoms with Crippen molar-refractivity contribution in [1.82, 2.24) is 15.4 Å². The Morgan fingerprint density at radius 2 is 2.20 bits per heavy atom. The summed E-state index contributed by atoms with van der Waals surface area (Å²) < 4.78 is 18.9. The van der Waals surface area contributed by atoms with Gasteiger partial charge in [0.1, 0.15) is 11.6 Å². The van der Waals surface area contributed by atoms with Crippen molar-refractivity contribution < 1.29 is 13.7 Å². The van der Waals surface area contributed by atoms with E-state index in [0.29, 0.717) is 17.9 Å². The number of halogens is 1. The summed E-state index contributed by atoms with van der Waals surface area (Å²) in [6.07, 6.45) is 2.22. The molecule has 134 valence electrons. The fourth-order valence-electron chi connectivity index (χ4n) is 3.38. The predicted octanol–water partition coefficient (Wildman–Crippen LogP) is 2.75. The molecule has 0 radical (unpaired) electrons. The number of nitrogens with one attached hydrogen (secondary N) is 1. The molecule has 2 heterocycles. The number of rotatable bonds is 5. The molecule has 0 spiro atoms. The van der Waals surface area contributed by atoms with Crippen LogP contribution in [0.15, 0.2) is 28.8 Å². The van der Waals surface area contributed by atoms with Crippen molar-refractivity contribution in [2.24, 2.45) is 0 Å². The lowest BCUT2D eigenvalue weighted by molar-refractivity contribution is -0.121. The van der Waals surface area contributed by atoms with E-state index in [1.807, 2.05) is 26.0 Å². The Kier molecular flexibility index (Phi) is 5.48. The van der Waals surface area contributed by atoms with Crippen LogP contribution in [0.3, 0.4) is 0 Å². The molecule has 1 aromatic carbocycles. The minimum Gasteiger partial charge on any atom is -0.361 e. The fraction of sp³-hybridized carbons (Fsp3) is 0.474. The highest BCUT2D eigenvalue weighted by Gasteiger charge is 2.23. The number of benzene rings is 1. The first-order valence-corrected chi connectivity index (χ1v) is 8.70. The summed E-state index contributed by atoms with van der Waals surface area (Å²) in [5.74, 6) is 0.497. The van der Waals surface area contributed by atoms with Gasteiger partial charge in [0.2, 0.25) is 5.91 Å². The van der Waals surface area contributed by atoms with E-state index < -0.39 is 0 Å². The lowest BCUT2D eigenvalue weighted by Crippen LogP contribution is -2.47. The summed E-state index contributed by atoms with van der Waals surface area (Å²) in [5.41, 5.74) is 2.32. The second kappa shape index (κ2) is 7.78. The molecule has 1 saturated heterocycles. The van der Waals surface area contributed by atoms with Gasteiger partial charge >= 0.3 is 0 Å². The standard InChI is InChI=1S/C19H24FN3O2/c1-13-17(14(2)25-22-13)10-19(24)21-16-7-5-9-23(12-16)11-15-6-3-4-8-18(15)20/h3-4,6,8,16H,5,7,9-12H2,1-2H3,(H,21,24)/t16-/m0/s1. The topological polar surface area (TPSA) is 58.4 Å². The summed E-state index contributed by atoms with van der Waals surface area (Å²) in [7, 11) is 0. The number of aromatic nitrogens is 1. The maximum Gasteiger partial charge on any atom is 0.224 e. The van der Waals surface area contributed by atoms with Crippen molar-refractivity contribution in [3.8, 4) is 0 Å². The summed E-state index contributed by atoms with van der Waals surface area (Å²) in [5, 5.41) is 6.98. The second-order valence-corrected chi connectivity index (χ2v) is 6.71. The van der Waals surface area contributed by atoms with E-state index in [4.69, 9.17) is 4.52 Å². The molecule has 2 aromatic rings. The first kappa shape index (κ1) is 17.6. The number of likely N-dealkylation sites (tertiary alicyclic amines) is 1. The average Bonchev–Trinajstić information content (AvgIpc) is 2.89. The number of nitrogens with zero attached hydrogens (tertiary/aromatic N) is 2. The van der Waals surface area contributed by atoms with Crippen molar-refractivity contribution in [3.63, 3.8) is 0 Å². The monoisotopic (exact) mass is 345 g/mol. The van der Waals surface area contributed by atoms with E-state index in [1.54, 1.807) is 6.07 Å². The third kappa shape index (κ3) is 4.45. The molecule has 5 nitrogen and oxygen atoms in total. The Hall–Kier alpha value is -2.21. The molecule has 0 bridgehead atoms. The largest absolute Gasteiger partial charge is 0.361 e. The Morgan fingerprint density at radius 3 is 2.92 bits per heavy atom. The molecule has 1 amide bonds. The Labute approximate surface area is 147 Å². The number of piperidine rings is 1. The van der Waals surface area contributed by atoms with E-state index in [9.17, 15) is 9.18 Å². The van der Waals surface area contributed by atoms with Gasteiger partial charge in [-0.2, -0.15) is 0 Å². The van der Waals surface area contributed by atoms with Gasteiger partial charge in [0.25, 0.3) is 0 Å². The molecule has 1 aliphatic rings. The van der Waals surface area contributed by atoms with Gasteiger partial charge < -0.3 is 9.84 Å². The Balaban J connectivity index is 1.55. The number of hydrogen-bond donors (Lipinski definition) is 1. The molecule has 0 saturated carbocycles. The first-order valence-electron chi connectivity index (χ1n) is 8.70. The smallest absolute Gasteiger partial charge is 0.224 e. The van der Waals surface area contributed by atoms with Crippen LogP contribution < -0.4 is 5.32 Å². The van der Waals surface area contributed by atoms with Gasteiger partial charge in [0, 0.05) is 30.3 Å². The molecule has 3 rings (SSSR count). The van der Waals surface area contributed by atoms with E-state index in [1.165, 1.54) is 6.07 Å². The van der Waals surface area contributed by atoms with E-state index in [2.05, 4.69) is 15.4 Å². The zero-order chi connectivity index (χ0) is 17.8. The molecule has 1 aliphatic heterocycles. The molecule has 6 heteroatoms. The third-order valence-corrected chi connectivity index (χ3v) is 4.74. The number of hydrogen-bond acceptors (Lipinski definition) is 4. The minimum absolute atomic E-state index is 0.0212. The number of carbonyl (C=O) groups is 1. The molecular weight excluding hydrogens is 321 g/mol. The van der Waals surface area contributed by atoms with Crippen LogP contribution in [0.5, 0.6) is 0 Å². The Bertz CT molecular complexity index is 725. The van der Waals surface area contributed by atoms with Crippen molar-refractivity contribution in [2.75, 3.05) is 13.1 Å². The minimum atomic E-state index is -0.174. The van der Waals surface area contributed by atoms with Crippen LogP contribution in [0.4, 0.5) is 4.39 Å². The third-order valence-electron chi connectivity index (χ3n) is 4.74. The highest BCUT2D eigenvalue weighted by molar-refractivity contribution is 5.79. The van der Waals surface area contributed by atoms with Gasteiger partial charge in [-0.1, -0.05) is 23.4 Å². The van der Waals surface area contributed by atoms with Crippen molar-refractivity contribution in [3.05, 3.63) is 52.7 Å². The van der Waals surface area contributed by atoms with Crippen molar-refractivity contribution in [2.45, 2.75) is 45.7 Å². The zero-order valence-electron chi connectivity index (χ0n) is 14.7. The van der Waals surface area contributed by atoms with Gasteiger partial charge in [-0.05, 0) is 39.3 Å². The molecule has 0 unspecified atom stereocenters. The molecular formula is C19H24FN3O2. The molecule has 1 aromatic heterocycles. The zero-order valence-corrected chi connectivity index (χ0v) is 14.7. The summed E-state index contributed by atoms with van der Waals surface area (Å²) >= 11 is 0. The highest BCUT2D eigenvalue weighted by atomic mass is 19.1. The van der Waals surface area contributed by atoms with Crippen molar-refractivity contribution >= 4 is 5.91 Å². The highest BCUT2D eigenvalue weighted by Crippen LogP contribution is 2.17. The first-order chi connectivity index (χ1) is 12.0. The maximum atomic E-state index is 13.8. The van der Waals surface area contributed by atoms with Gasteiger partial charge in [-0.15, -0.1) is 0 Å². The normalized spacial score (nSPS) is 18.3. The molecule has 1 fully saturated rings. The summed E-state index contributed by atoms with van der Waals surface area (Å²) in [4.78, 5) is 14.5. The summed E-state index contributed by atoms with van der Waals surface area (Å²) in [6.45, 7) is 5.89. The predicted molar refractivity (Wildman–Crippen MR) is 92.5 cm³/mol. The Morgan fingerprint density at radius 1 is 1.40 bits per heavy atom. The fourth-order valence-corrected chi connectivity index (χ4v) is 3.38. The molecule has 0 aliphatic carbocycles.